The molecule has 2 nitrogen and oxygen atoms in total. The summed E-state index contributed by atoms with van der Waals surface area (Å²) in [5, 5.41) is 10.2. The van der Waals surface area contributed by atoms with E-state index < -0.39 is 6.10 Å². The van der Waals surface area contributed by atoms with Crippen molar-refractivity contribution in [1.82, 2.24) is 0 Å². The summed E-state index contributed by atoms with van der Waals surface area (Å²) in [5.74, 6) is -0.227. The number of carbonyl (C=O) groups excluding carboxylic acids is 1. The smallest absolute Gasteiger partial charge is 0.196 e. The first-order valence-corrected chi connectivity index (χ1v) is 6.59. The molecular weight excluding hydrogens is 236 g/mol. The molecule has 1 unspecified atom stereocenters. The van der Waals surface area contributed by atoms with E-state index in [1.165, 1.54) is 0 Å². The van der Waals surface area contributed by atoms with Gasteiger partial charge in [0.1, 0.15) is 6.10 Å². The Bertz CT molecular complexity index is 546. The van der Waals surface area contributed by atoms with Crippen LogP contribution in [0, 0.1) is 0 Å². The van der Waals surface area contributed by atoms with Crippen molar-refractivity contribution in [2.45, 2.75) is 25.9 Å². The van der Waals surface area contributed by atoms with Gasteiger partial charge in [-0.25, -0.2) is 0 Å². The minimum atomic E-state index is -1.08. The van der Waals surface area contributed by atoms with Crippen LogP contribution in [-0.2, 0) is 6.42 Å². The zero-order chi connectivity index (χ0) is 13.7. The number of benzene rings is 2. The van der Waals surface area contributed by atoms with Gasteiger partial charge in [-0.05, 0) is 17.5 Å². The maximum absolute atomic E-state index is 12.4. The van der Waals surface area contributed by atoms with E-state index >= 15 is 0 Å². The van der Waals surface area contributed by atoms with Crippen molar-refractivity contribution in [1.29, 1.82) is 0 Å². The van der Waals surface area contributed by atoms with E-state index in [0.717, 1.165) is 18.4 Å². The monoisotopic (exact) mass is 254 g/mol. The lowest BCUT2D eigenvalue weighted by Crippen LogP contribution is -2.14. The van der Waals surface area contributed by atoms with Crippen molar-refractivity contribution in [2.75, 3.05) is 0 Å². The standard InChI is InChI=1S/C17H18O2/c1-2-8-13-9-6-7-12-15(13)17(19)16(18)14-10-4-3-5-11-14/h3-7,9-12,16,18H,2,8H2,1H3. The normalized spacial score (nSPS) is 12.1. The van der Waals surface area contributed by atoms with Crippen LogP contribution in [0.4, 0.5) is 0 Å². The van der Waals surface area contributed by atoms with E-state index in [1.54, 1.807) is 18.2 Å². The first kappa shape index (κ1) is 13.5. The number of ketones is 1. The molecule has 0 fully saturated rings. The number of carbonyl (C=O) groups is 1. The van der Waals surface area contributed by atoms with Crippen molar-refractivity contribution >= 4 is 5.78 Å². The lowest BCUT2D eigenvalue weighted by molar-refractivity contribution is 0.0746. The van der Waals surface area contributed by atoms with Gasteiger partial charge < -0.3 is 5.11 Å². The summed E-state index contributed by atoms with van der Waals surface area (Å²) >= 11 is 0. The summed E-state index contributed by atoms with van der Waals surface area (Å²) in [6, 6.07) is 16.6. The van der Waals surface area contributed by atoms with E-state index in [9.17, 15) is 9.90 Å². The Morgan fingerprint density at radius 2 is 1.68 bits per heavy atom. The zero-order valence-corrected chi connectivity index (χ0v) is 11.0. The Morgan fingerprint density at radius 3 is 2.37 bits per heavy atom. The Morgan fingerprint density at radius 1 is 1.05 bits per heavy atom. The summed E-state index contributed by atoms with van der Waals surface area (Å²) in [5.41, 5.74) is 2.27. The van der Waals surface area contributed by atoms with Gasteiger partial charge in [0.2, 0.25) is 0 Å². The molecule has 2 rings (SSSR count). The third kappa shape index (κ3) is 3.09. The molecule has 2 heteroatoms. The molecule has 0 spiro atoms. The van der Waals surface area contributed by atoms with Crippen molar-refractivity contribution in [3.8, 4) is 0 Å². The molecule has 0 aliphatic carbocycles. The van der Waals surface area contributed by atoms with E-state index in [1.807, 2.05) is 36.4 Å². The molecule has 19 heavy (non-hydrogen) atoms. The quantitative estimate of drug-likeness (QED) is 0.828. The van der Waals surface area contributed by atoms with Crippen LogP contribution in [0.5, 0.6) is 0 Å². The molecule has 0 aromatic heterocycles. The van der Waals surface area contributed by atoms with Crippen LogP contribution in [0.15, 0.2) is 54.6 Å². The highest BCUT2D eigenvalue weighted by atomic mass is 16.3. The van der Waals surface area contributed by atoms with Crippen LogP contribution in [0.25, 0.3) is 0 Å². The molecular formula is C17H18O2. The lowest BCUT2D eigenvalue weighted by atomic mass is 9.94. The highest BCUT2D eigenvalue weighted by Crippen LogP contribution is 2.21. The van der Waals surface area contributed by atoms with Crippen LogP contribution in [0.2, 0.25) is 0 Å². The van der Waals surface area contributed by atoms with Gasteiger partial charge in [-0.2, -0.15) is 0 Å². The first-order chi connectivity index (χ1) is 9.24. The first-order valence-electron chi connectivity index (χ1n) is 6.59. The average Bonchev–Trinajstić information content (AvgIpc) is 2.47. The van der Waals surface area contributed by atoms with Crippen LogP contribution in [-0.4, -0.2) is 10.9 Å². The van der Waals surface area contributed by atoms with E-state index in [0.29, 0.717) is 11.1 Å². The summed E-state index contributed by atoms with van der Waals surface area (Å²) in [6.07, 6.45) is 0.744. The second-order valence-corrected chi connectivity index (χ2v) is 4.58. The molecule has 0 saturated heterocycles. The minimum absolute atomic E-state index is 0.227. The summed E-state index contributed by atoms with van der Waals surface area (Å²) < 4.78 is 0. The highest BCUT2D eigenvalue weighted by Gasteiger charge is 2.20. The number of rotatable bonds is 5. The third-order valence-electron chi connectivity index (χ3n) is 3.17. The predicted octanol–water partition coefficient (Wildman–Crippen LogP) is 3.56. The van der Waals surface area contributed by atoms with Crippen molar-refractivity contribution in [3.05, 3.63) is 71.3 Å². The second kappa shape index (κ2) is 6.30. The topological polar surface area (TPSA) is 37.3 Å². The molecule has 2 aromatic carbocycles. The number of hydrogen-bond acceptors (Lipinski definition) is 2. The number of hydrogen-bond donors (Lipinski definition) is 1. The molecule has 1 atom stereocenters. The molecule has 2 aromatic rings. The number of Topliss-reactive ketones (excluding diaryl/α,β-unsaturated/α-hetero) is 1. The fourth-order valence-corrected chi connectivity index (χ4v) is 2.18. The Balaban J connectivity index is 2.29. The van der Waals surface area contributed by atoms with Crippen molar-refractivity contribution < 1.29 is 9.90 Å². The van der Waals surface area contributed by atoms with Gasteiger partial charge in [0.25, 0.3) is 0 Å². The summed E-state index contributed by atoms with van der Waals surface area (Å²) in [6.45, 7) is 2.08. The maximum Gasteiger partial charge on any atom is 0.196 e. The van der Waals surface area contributed by atoms with Crippen LogP contribution < -0.4 is 0 Å². The molecule has 98 valence electrons. The fraction of sp³-hybridized carbons (Fsp3) is 0.235. The molecule has 0 aliphatic rings. The molecule has 0 saturated carbocycles. The molecule has 0 bridgehead atoms. The fourth-order valence-electron chi connectivity index (χ4n) is 2.18. The zero-order valence-electron chi connectivity index (χ0n) is 11.0. The molecule has 0 amide bonds. The van der Waals surface area contributed by atoms with Crippen LogP contribution >= 0.6 is 0 Å². The highest BCUT2D eigenvalue weighted by molar-refractivity contribution is 6.01. The number of aliphatic hydroxyl groups excluding tert-OH is 1. The van der Waals surface area contributed by atoms with Crippen molar-refractivity contribution in [3.63, 3.8) is 0 Å². The summed E-state index contributed by atoms with van der Waals surface area (Å²) in [7, 11) is 0. The number of aryl methyl sites for hydroxylation is 1. The molecule has 0 radical (unpaired) electrons. The van der Waals surface area contributed by atoms with Gasteiger partial charge in [0.15, 0.2) is 5.78 Å². The largest absolute Gasteiger partial charge is 0.380 e. The molecule has 0 aliphatic heterocycles. The predicted molar refractivity (Wildman–Crippen MR) is 76.2 cm³/mol. The minimum Gasteiger partial charge on any atom is -0.380 e. The SMILES string of the molecule is CCCc1ccccc1C(=O)C(O)c1ccccc1. The Labute approximate surface area is 113 Å². The van der Waals surface area contributed by atoms with Crippen LogP contribution in [0.3, 0.4) is 0 Å². The van der Waals surface area contributed by atoms with Gasteiger partial charge in [-0.1, -0.05) is 67.9 Å². The van der Waals surface area contributed by atoms with E-state index in [2.05, 4.69) is 6.92 Å². The van der Waals surface area contributed by atoms with Crippen LogP contribution in [0.1, 0.15) is 40.9 Å². The average molecular weight is 254 g/mol. The molecule has 1 N–H and O–H groups in total. The molecule has 0 heterocycles. The second-order valence-electron chi connectivity index (χ2n) is 4.58. The van der Waals surface area contributed by atoms with Gasteiger partial charge >= 0.3 is 0 Å². The van der Waals surface area contributed by atoms with Gasteiger partial charge in [0, 0.05) is 5.56 Å². The summed E-state index contributed by atoms with van der Waals surface area (Å²) in [4.78, 5) is 12.4. The number of aliphatic hydroxyl groups is 1. The van der Waals surface area contributed by atoms with Gasteiger partial charge in [0.05, 0.1) is 0 Å². The van der Waals surface area contributed by atoms with E-state index in [4.69, 9.17) is 0 Å². The lowest BCUT2D eigenvalue weighted by Gasteiger charge is -2.13. The Kier molecular flexibility index (Phi) is 4.48. The Hall–Kier alpha value is -1.93. The van der Waals surface area contributed by atoms with Crippen molar-refractivity contribution in [2.24, 2.45) is 0 Å². The van der Waals surface area contributed by atoms with Gasteiger partial charge in [-0.15, -0.1) is 0 Å². The van der Waals surface area contributed by atoms with Gasteiger partial charge in [-0.3, -0.25) is 4.79 Å². The maximum atomic E-state index is 12.4. The van der Waals surface area contributed by atoms with E-state index in [-0.39, 0.29) is 5.78 Å². The third-order valence-corrected chi connectivity index (χ3v) is 3.17.